The molecule has 1 atom stereocenters. The molecule has 0 spiro atoms. The second kappa shape index (κ2) is 5.17. The third-order valence-electron chi connectivity index (χ3n) is 2.30. The SMILES string of the molecule is C[C@H](Nc1ccnc(-c2cnccn2)n1)C(F)(F)F. The Hall–Kier alpha value is -2.25. The maximum Gasteiger partial charge on any atom is 0.408 e. The Bertz CT molecular complexity index is 544. The van der Waals surface area contributed by atoms with Gasteiger partial charge in [0.05, 0.1) is 6.20 Å². The Morgan fingerprint density at radius 2 is 1.95 bits per heavy atom. The molecule has 1 N–H and O–H groups in total. The van der Waals surface area contributed by atoms with Crippen LogP contribution in [0.4, 0.5) is 19.0 Å². The average molecular weight is 269 g/mol. The number of alkyl halides is 3. The number of nitrogens with zero attached hydrogens (tertiary/aromatic N) is 4. The summed E-state index contributed by atoms with van der Waals surface area (Å²) in [5, 5.41) is 2.27. The van der Waals surface area contributed by atoms with Crippen molar-refractivity contribution in [1.29, 1.82) is 0 Å². The summed E-state index contributed by atoms with van der Waals surface area (Å²) in [6, 6.07) is -0.334. The van der Waals surface area contributed by atoms with E-state index in [1.165, 1.54) is 30.9 Å². The van der Waals surface area contributed by atoms with E-state index < -0.39 is 12.2 Å². The monoisotopic (exact) mass is 269 g/mol. The van der Waals surface area contributed by atoms with E-state index in [0.717, 1.165) is 6.92 Å². The maximum absolute atomic E-state index is 12.4. The van der Waals surface area contributed by atoms with Crippen LogP contribution < -0.4 is 5.32 Å². The predicted molar refractivity (Wildman–Crippen MR) is 62.2 cm³/mol. The van der Waals surface area contributed by atoms with Gasteiger partial charge >= 0.3 is 6.18 Å². The van der Waals surface area contributed by atoms with Gasteiger partial charge in [0, 0.05) is 18.6 Å². The van der Waals surface area contributed by atoms with E-state index in [1.807, 2.05) is 0 Å². The molecule has 0 fully saturated rings. The van der Waals surface area contributed by atoms with Crippen LogP contribution in [0.2, 0.25) is 0 Å². The summed E-state index contributed by atoms with van der Waals surface area (Å²) in [5.41, 5.74) is 0.394. The number of rotatable bonds is 3. The van der Waals surface area contributed by atoms with Crippen molar-refractivity contribution in [2.75, 3.05) is 5.32 Å². The molecular weight excluding hydrogens is 259 g/mol. The van der Waals surface area contributed by atoms with E-state index in [1.54, 1.807) is 0 Å². The molecule has 0 radical (unpaired) electrons. The Morgan fingerprint density at radius 3 is 2.58 bits per heavy atom. The highest BCUT2D eigenvalue weighted by atomic mass is 19.4. The topological polar surface area (TPSA) is 63.6 Å². The summed E-state index contributed by atoms with van der Waals surface area (Å²) >= 11 is 0. The number of nitrogens with one attached hydrogen (secondary N) is 1. The molecule has 0 aromatic carbocycles. The van der Waals surface area contributed by atoms with Gasteiger partial charge in [0.2, 0.25) is 0 Å². The van der Waals surface area contributed by atoms with Crippen molar-refractivity contribution in [2.45, 2.75) is 19.1 Å². The lowest BCUT2D eigenvalue weighted by atomic mass is 10.3. The molecule has 0 aliphatic rings. The molecule has 5 nitrogen and oxygen atoms in total. The fourth-order valence-electron chi connectivity index (χ4n) is 1.28. The van der Waals surface area contributed by atoms with Crippen molar-refractivity contribution in [2.24, 2.45) is 0 Å². The zero-order valence-corrected chi connectivity index (χ0v) is 9.89. The van der Waals surface area contributed by atoms with Crippen molar-refractivity contribution in [3.63, 3.8) is 0 Å². The van der Waals surface area contributed by atoms with Gasteiger partial charge in [-0.2, -0.15) is 13.2 Å². The van der Waals surface area contributed by atoms with Crippen LogP contribution in [0.5, 0.6) is 0 Å². The first-order valence-corrected chi connectivity index (χ1v) is 5.39. The van der Waals surface area contributed by atoms with Crippen LogP contribution in [0, 0.1) is 0 Å². The van der Waals surface area contributed by atoms with E-state index >= 15 is 0 Å². The largest absolute Gasteiger partial charge is 0.408 e. The molecule has 0 bridgehead atoms. The maximum atomic E-state index is 12.4. The molecule has 2 rings (SSSR count). The average Bonchev–Trinajstić information content (AvgIpc) is 2.39. The van der Waals surface area contributed by atoms with E-state index in [2.05, 4.69) is 25.3 Å². The minimum absolute atomic E-state index is 0.0838. The molecule has 2 aromatic heterocycles. The van der Waals surface area contributed by atoms with Crippen LogP contribution in [-0.2, 0) is 0 Å². The van der Waals surface area contributed by atoms with Crippen LogP contribution in [-0.4, -0.2) is 32.2 Å². The lowest BCUT2D eigenvalue weighted by molar-refractivity contribution is -0.138. The Kier molecular flexibility index (Phi) is 3.59. The van der Waals surface area contributed by atoms with Crippen LogP contribution in [0.3, 0.4) is 0 Å². The zero-order valence-electron chi connectivity index (χ0n) is 9.89. The third kappa shape index (κ3) is 3.36. The number of hydrogen-bond donors (Lipinski definition) is 1. The van der Waals surface area contributed by atoms with Gasteiger partial charge in [-0.15, -0.1) is 0 Å². The zero-order chi connectivity index (χ0) is 13.9. The van der Waals surface area contributed by atoms with E-state index in [-0.39, 0.29) is 11.6 Å². The van der Waals surface area contributed by atoms with E-state index in [4.69, 9.17) is 0 Å². The molecule has 2 aromatic rings. The highest BCUT2D eigenvalue weighted by molar-refractivity contribution is 5.50. The number of halogens is 3. The molecule has 0 aliphatic carbocycles. The van der Waals surface area contributed by atoms with Gasteiger partial charge in [-0.05, 0) is 13.0 Å². The molecule has 0 unspecified atom stereocenters. The summed E-state index contributed by atoms with van der Waals surface area (Å²) in [6.07, 6.45) is 1.40. The number of anilines is 1. The van der Waals surface area contributed by atoms with Crippen molar-refractivity contribution >= 4 is 5.82 Å². The molecule has 2 heterocycles. The number of aromatic nitrogens is 4. The van der Waals surface area contributed by atoms with Crippen molar-refractivity contribution in [3.05, 3.63) is 30.9 Å². The summed E-state index contributed by atoms with van der Waals surface area (Å²) in [6.45, 7) is 1.02. The fraction of sp³-hybridized carbons (Fsp3) is 0.273. The van der Waals surface area contributed by atoms with Crippen LogP contribution >= 0.6 is 0 Å². The van der Waals surface area contributed by atoms with Crippen molar-refractivity contribution in [1.82, 2.24) is 19.9 Å². The minimum atomic E-state index is -4.34. The molecule has 0 saturated carbocycles. The summed E-state index contributed by atoms with van der Waals surface area (Å²) in [7, 11) is 0. The summed E-state index contributed by atoms with van der Waals surface area (Å²) in [4.78, 5) is 15.7. The first-order chi connectivity index (χ1) is 8.97. The first-order valence-electron chi connectivity index (χ1n) is 5.39. The fourth-order valence-corrected chi connectivity index (χ4v) is 1.28. The van der Waals surface area contributed by atoms with Crippen LogP contribution in [0.15, 0.2) is 30.9 Å². The van der Waals surface area contributed by atoms with E-state index in [0.29, 0.717) is 5.69 Å². The first kappa shape index (κ1) is 13.2. The highest BCUT2D eigenvalue weighted by Crippen LogP contribution is 2.23. The third-order valence-corrected chi connectivity index (χ3v) is 2.30. The lowest BCUT2D eigenvalue weighted by Gasteiger charge is -2.17. The molecule has 0 saturated heterocycles. The standard InChI is InChI=1S/C11H10F3N5/c1-7(11(12,13)14)18-9-2-3-17-10(19-9)8-6-15-4-5-16-8/h2-7H,1H3,(H,17,18,19)/t7-/m0/s1. The van der Waals surface area contributed by atoms with Crippen molar-refractivity contribution < 1.29 is 13.2 Å². The predicted octanol–water partition coefficient (Wildman–Crippen LogP) is 2.30. The van der Waals surface area contributed by atoms with Crippen molar-refractivity contribution in [3.8, 4) is 11.5 Å². The molecule has 19 heavy (non-hydrogen) atoms. The second-order valence-electron chi connectivity index (χ2n) is 3.76. The van der Waals surface area contributed by atoms with Gasteiger partial charge in [0.25, 0.3) is 0 Å². The van der Waals surface area contributed by atoms with Gasteiger partial charge in [0.15, 0.2) is 5.82 Å². The Labute approximate surface area is 107 Å². The number of hydrogen-bond acceptors (Lipinski definition) is 5. The van der Waals surface area contributed by atoms with Gasteiger partial charge in [0.1, 0.15) is 17.6 Å². The second-order valence-corrected chi connectivity index (χ2v) is 3.76. The molecule has 8 heteroatoms. The van der Waals surface area contributed by atoms with Gasteiger partial charge in [-0.1, -0.05) is 0 Å². The van der Waals surface area contributed by atoms with E-state index in [9.17, 15) is 13.2 Å². The molecule has 0 aliphatic heterocycles. The summed E-state index contributed by atoms with van der Waals surface area (Å²) in [5.74, 6) is 0.299. The van der Waals surface area contributed by atoms with Gasteiger partial charge in [-0.3, -0.25) is 4.98 Å². The summed E-state index contributed by atoms with van der Waals surface area (Å²) < 4.78 is 37.3. The van der Waals surface area contributed by atoms with Crippen LogP contribution in [0.1, 0.15) is 6.92 Å². The Balaban J connectivity index is 2.21. The van der Waals surface area contributed by atoms with Gasteiger partial charge < -0.3 is 5.32 Å². The molecule has 0 amide bonds. The molecular formula is C11H10F3N5. The minimum Gasteiger partial charge on any atom is -0.359 e. The quantitative estimate of drug-likeness (QED) is 0.926. The normalized spacial score (nSPS) is 13.1. The smallest absolute Gasteiger partial charge is 0.359 e. The van der Waals surface area contributed by atoms with Gasteiger partial charge in [-0.25, -0.2) is 15.0 Å². The lowest BCUT2D eigenvalue weighted by Crippen LogP contribution is -2.33. The Morgan fingerprint density at radius 1 is 1.16 bits per heavy atom. The van der Waals surface area contributed by atoms with Crippen LogP contribution in [0.25, 0.3) is 11.5 Å². The molecule has 100 valence electrons. The highest BCUT2D eigenvalue weighted by Gasteiger charge is 2.36.